The predicted octanol–water partition coefficient (Wildman–Crippen LogP) is -4.72. The van der Waals surface area contributed by atoms with Gasteiger partial charge in [-0.1, -0.05) is 53.2 Å². The van der Waals surface area contributed by atoms with E-state index in [4.69, 9.17) is 56.8 Å². The summed E-state index contributed by atoms with van der Waals surface area (Å²) in [5.74, 6) is -1.69. The zero-order chi connectivity index (χ0) is 70.2. The Morgan fingerprint density at radius 2 is 1.01 bits per heavy atom. The van der Waals surface area contributed by atoms with Crippen molar-refractivity contribution in [3.63, 3.8) is 0 Å². The Balaban J connectivity index is 0.794. The Morgan fingerprint density at radius 3 is 1.65 bits per heavy atom. The molecule has 11 aliphatic rings. The van der Waals surface area contributed by atoms with Crippen molar-refractivity contribution in [1.82, 2.24) is 0 Å². The van der Waals surface area contributed by atoms with Crippen molar-refractivity contribution < 1.29 is 154 Å². The number of allylic oxidation sites excluding steroid dienone is 2. The molecular formula is C65H106O31. The largest absolute Gasteiger partial charge is 0.432 e. The molecule has 0 aromatic rings. The molecule has 31 heteroatoms. The highest BCUT2D eigenvalue weighted by molar-refractivity contribution is 5.80. The minimum Gasteiger partial charge on any atom is -0.432 e. The Hall–Kier alpha value is -1.95. The summed E-state index contributed by atoms with van der Waals surface area (Å²) in [7, 11) is 0. The first kappa shape index (κ1) is 75.2. The average Bonchev–Trinajstić information content (AvgIpc) is 0.670. The standard InChI is InChI=1S/C65H106O31/c1-24-36(71)40(75)44(79)54(86-24)93-50-29(69)22-85-53(47(50)82)92-49-26(3)88-55(46(81)43(49)78)95-52-42(77)37(72)25(2)87-58(52)96-59(84)65-17-16-60(4,5)18-28(65)27-10-11-33-61(6)14-13-35(62(7,23-68)32(61)12-15-63(33,8)64(27,9)19-34(65)70)91-57-48(83)51(39(74)31(21-67)90-57)94-56-45(80)41(76)38(73)30(20-66)89-56/h10,24-26,28-58,66-83H,11-23H2,1-9H3. The van der Waals surface area contributed by atoms with Gasteiger partial charge in [0.2, 0.25) is 6.29 Å². The molecule has 6 heterocycles. The van der Waals surface area contributed by atoms with Crippen LogP contribution in [0.1, 0.15) is 120 Å². The van der Waals surface area contributed by atoms with Gasteiger partial charge in [0.15, 0.2) is 37.6 Å². The lowest BCUT2D eigenvalue weighted by atomic mass is 9.33. The molecule has 0 aromatic carbocycles. The summed E-state index contributed by atoms with van der Waals surface area (Å²) < 4.78 is 71.6. The zero-order valence-electron chi connectivity index (χ0n) is 55.8. The van der Waals surface area contributed by atoms with Crippen molar-refractivity contribution in [2.45, 2.75) is 310 Å². The maximum Gasteiger partial charge on any atom is 0.317 e. The smallest absolute Gasteiger partial charge is 0.317 e. The number of aliphatic hydroxyl groups excluding tert-OH is 18. The summed E-state index contributed by atoms with van der Waals surface area (Å²) in [6.45, 7) is 14.7. The Kier molecular flexibility index (Phi) is 21.9. The van der Waals surface area contributed by atoms with E-state index in [-0.39, 0.29) is 36.7 Å². The average molecular weight is 1380 g/mol. The van der Waals surface area contributed by atoms with E-state index in [2.05, 4.69) is 40.7 Å². The fraction of sp³-hybridized carbons (Fsp3) is 0.954. The molecule has 0 aromatic heterocycles. The third-order valence-electron chi connectivity index (χ3n) is 25.3. The van der Waals surface area contributed by atoms with Crippen molar-refractivity contribution in [3.05, 3.63) is 11.6 Å². The first-order chi connectivity index (χ1) is 45.0. The molecule has 0 radical (unpaired) electrons. The quantitative estimate of drug-likeness (QED) is 0.0416. The summed E-state index contributed by atoms with van der Waals surface area (Å²) in [5, 5.41) is 199. The Bertz CT molecular complexity index is 2710. The third kappa shape index (κ3) is 12.5. The number of rotatable bonds is 15. The number of aliphatic hydroxyl groups is 18. The second kappa shape index (κ2) is 27.9. The zero-order valence-corrected chi connectivity index (χ0v) is 55.8. The van der Waals surface area contributed by atoms with Crippen LogP contribution in [-0.2, 0) is 61.6 Å². The molecule has 0 bridgehead atoms. The third-order valence-corrected chi connectivity index (χ3v) is 25.3. The van der Waals surface area contributed by atoms with Gasteiger partial charge < -0.3 is 149 Å². The van der Waals surface area contributed by atoms with E-state index in [1.165, 1.54) is 20.8 Å². The topological polar surface area (TPSA) is 492 Å². The number of hydrogen-bond acceptors (Lipinski definition) is 31. The van der Waals surface area contributed by atoms with Crippen molar-refractivity contribution in [1.29, 1.82) is 0 Å². The SMILES string of the molecule is CC1OC(OC2C(O)COC(OC3C(C)OC(OC4C(OC(=O)C56CCC(C)(C)CC5C5=CCC7C8(C)CCC(OC9OC(CO)C(O)C(OC%10OC(CO)C(O)C(O)C%10O)C9O)C(C)(CO)C8CCC7(C)C5(C)CC6O)OC(C)C(O)C4O)C(O)C3O)C2O)C(O)C(O)C1O. The van der Waals surface area contributed by atoms with E-state index >= 15 is 4.79 Å². The molecule has 4 saturated carbocycles. The molecule has 31 nitrogen and oxygen atoms in total. The van der Waals surface area contributed by atoms with Crippen LogP contribution in [0.25, 0.3) is 0 Å². The van der Waals surface area contributed by atoms with Gasteiger partial charge in [-0.25, -0.2) is 0 Å². The number of carbonyl (C=O) groups excluding carboxylic acids is 1. The molecule has 6 aliphatic heterocycles. The summed E-state index contributed by atoms with van der Waals surface area (Å²) in [6.07, 6.45) is -43.3. The van der Waals surface area contributed by atoms with Crippen molar-refractivity contribution in [2.24, 2.45) is 50.2 Å². The van der Waals surface area contributed by atoms with E-state index in [9.17, 15) is 91.9 Å². The van der Waals surface area contributed by atoms with Crippen LogP contribution in [0.4, 0.5) is 0 Å². The Morgan fingerprint density at radius 1 is 0.490 bits per heavy atom. The van der Waals surface area contributed by atoms with Crippen LogP contribution in [0.5, 0.6) is 0 Å². The van der Waals surface area contributed by atoms with Gasteiger partial charge in [-0.15, -0.1) is 0 Å². The first-order valence-electron chi connectivity index (χ1n) is 34.1. The fourth-order valence-corrected chi connectivity index (χ4v) is 19.2. The van der Waals surface area contributed by atoms with Gasteiger partial charge >= 0.3 is 5.97 Å². The highest BCUT2D eigenvalue weighted by Crippen LogP contribution is 2.76. The molecule has 0 amide bonds. The van der Waals surface area contributed by atoms with E-state index in [0.29, 0.717) is 44.9 Å². The van der Waals surface area contributed by atoms with Gasteiger partial charge in [-0.2, -0.15) is 0 Å². The summed E-state index contributed by atoms with van der Waals surface area (Å²) in [6, 6.07) is 0. The fourth-order valence-electron chi connectivity index (χ4n) is 19.2. The summed E-state index contributed by atoms with van der Waals surface area (Å²) in [4.78, 5) is 15.7. The van der Waals surface area contributed by atoms with E-state index in [0.717, 1.165) is 5.57 Å². The highest BCUT2D eigenvalue weighted by Gasteiger charge is 2.73. The van der Waals surface area contributed by atoms with Crippen molar-refractivity contribution in [2.75, 3.05) is 26.4 Å². The summed E-state index contributed by atoms with van der Waals surface area (Å²) >= 11 is 0. The number of hydrogen-bond donors (Lipinski definition) is 18. The molecule has 10 fully saturated rings. The number of fused-ring (bicyclic) bond motifs is 7. The van der Waals surface area contributed by atoms with Crippen LogP contribution in [0.3, 0.4) is 0 Å². The number of ether oxygens (including phenoxy) is 12. The molecule has 18 N–H and O–H groups in total. The second-order valence-corrected chi connectivity index (χ2v) is 31.3. The minimum absolute atomic E-state index is 0.0545. The summed E-state index contributed by atoms with van der Waals surface area (Å²) in [5.41, 5.74) is -3.62. The molecule has 5 aliphatic carbocycles. The molecule has 6 saturated heterocycles. The second-order valence-electron chi connectivity index (χ2n) is 31.3. The lowest BCUT2D eigenvalue weighted by Gasteiger charge is -2.72. The molecule has 0 spiro atoms. The van der Waals surface area contributed by atoms with Gasteiger partial charge in [-0.3, -0.25) is 4.79 Å². The molecule has 39 atom stereocenters. The van der Waals surface area contributed by atoms with Gasteiger partial charge in [-0.05, 0) is 118 Å². The van der Waals surface area contributed by atoms with Crippen LogP contribution in [0, 0.1) is 50.2 Å². The van der Waals surface area contributed by atoms with Crippen molar-refractivity contribution in [3.8, 4) is 0 Å². The van der Waals surface area contributed by atoms with Crippen molar-refractivity contribution >= 4 is 5.97 Å². The molecule has 39 unspecified atom stereocenters. The van der Waals surface area contributed by atoms with E-state index in [1.54, 1.807) is 0 Å². The van der Waals surface area contributed by atoms with Gasteiger partial charge in [0.05, 0.1) is 56.9 Å². The monoisotopic (exact) mass is 1380 g/mol. The van der Waals surface area contributed by atoms with Crippen LogP contribution in [0.15, 0.2) is 11.6 Å². The van der Waals surface area contributed by atoms with Crippen LogP contribution in [0.2, 0.25) is 0 Å². The van der Waals surface area contributed by atoms with Crippen LogP contribution in [-0.4, -0.2) is 315 Å². The maximum atomic E-state index is 15.7. The lowest BCUT2D eigenvalue weighted by Crippen LogP contribution is -2.69. The predicted molar refractivity (Wildman–Crippen MR) is 321 cm³/mol. The lowest BCUT2D eigenvalue weighted by molar-refractivity contribution is -0.380. The van der Waals surface area contributed by atoms with Crippen LogP contribution < -0.4 is 0 Å². The molecule has 552 valence electrons. The Labute approximate surface area is 556 Å². The highest BCUT2D eigenvalue weighted by atomic mass is 16.8. The maximum absolute atomic E-state index is 15.7. The molecular weight excluding hydrogens is 1280 g/mol. The van der Waals surface area contributed by atoms with Crippen LogP contribution >= 0.6 is 0 Å². The van der Waals surface area contributed by atoms with Gasteiger partial charge in [0.1, 0.15) is 121 Å². The van der Waals surface area contributed by atoms with E-state index in [1.807, 2.05) is 6.92 Å². The van der Waals surface area contributed by atoms with Gasteiger partial charge in [0, 0.05) is 5.41 Å². The van der Waals surface area contributed by atoms with Gasteiger partial charge in [0.25, 0.3) is 0 Å². The normalized spacial score (nSPS) is 55.9. The molecule has 11 rings (SSSR count). The minimum atomic E-state index is -2.00. The van der Waals surface area contributed by atoms with E-state index < -0.39 is 249 Å². The first-order valence-corrected chi connectivity index (χ1v) is 34.1. The molecule has 96 heavy (non-hydrogen) atoms. The number of esters is 1. The number of carbonyl (C=O) groups is 1.